The number of amides is 7. The van der Waals surface area contributed by atoms with E-state index >= 15 is 0 Å². The molecule has 0 unspecified atom stereocenters. The molecule has 0 saturated heterocycles. The molecule has 1 aromatic rings. The van der Waals surface area contributed by atoms with Crippen molar-refractivity contribution in [2.75, 3.05) is 20.0 Å². The minimum Gasteiger partial charge on any atom is -0.336 e. The molecule has 210 valence electrons. The largest absolute Gasteiger partial charge is 0.336 e. The van der Waals surface area contributed by atoms with Crippen molar-refractivity contribution in [3.8, 4) is 0 Å². The van der Waals surface area contributed by atoms with E-state index in [4.69, 9.17) is 5.21 Å². The van der Waals surface area contributed by atoms with E-state index < -0.39 is 78.4 Å². The number of nitrogens with zero attached hydrogens (tertiary/aromatic N) is 3. The first-order valence-corrected chi connectivity index (χ1v) is 12.0. The monoisotopic (exact) mass is 561 g/mol. The standard InChI is InChI=1S/C19H27N7O11S/c1-12-3-5-14(6-4-12)38(36,37)23-19(32)22-11-26(35)18(31)8-16(29)21-10-25(34)17(30)7-15(28)20-9-24(33)13(2)27/h3-6,33-35H,7-11H2,1-2H3,(H,20,28)(H,21,29)(H2,22,23,32). The molecule has 0 bridgehead atoms. The highest BCUT2D eigenvalue weighted by atomic mass is 32.2. The maximum absolute atomic E-state index is 12.1. The Morgan fingerprint density at radius 2 is 1.16 bits per heavy atom. The molecule has 0 atom stereocenters. The van der Waals surface area contributed by atoms with Gasteiger partial charge in [0.1, 0.15) is 32.8 Å². The normalized spacial score (nSPS) is 10.6. The number of benzene rings is 1. The molecule has 1 rings (SSSR count). The first-order chi connectivity index (χ1) is 17.6. The summed E-state index contributed by atoms with van der Waals surface area (Å²) in [4.78, 5) is 69.4. The average Bonchev–Trinajstić information content (AvgIpc) is 2.83. The number of sulfonamides is 1. The highest BCUT2D eigenvalue weighted by Crippen LogP contribution is 2.09. The zero-order valence-corrected chi connectivity index (χ0v) is 21.0. The zero-order chi connectivity index (χ0) is 29.0. The van der Waals surface area contributed by atoms with E-state index in [0.29, 0.717) is 0 Å². The van der Waals surface area contributed by atoms with Gasteiger partial charge >= 0.3 is 6.03 Å². The lowest BCUT2D eigenvalue weighted by molar-refractivity contribution is -0.170. The molecule has 0 aliphatic heterocycles. The van der Waals surface area contributed by atoms with Gasteiger partial charge in [0, 0.05) is 6.92 Å². The first-order valence-electron chi connectivity index (χ1n) is 10.5. The molecule has 0 radical (unpaired) electrons. The van der Waals surface area contributed by atoms with E-state index in [2.05, 4.69) is 0 Å². The molecule has 18 nitrogen and oxygen atoms in total. The molecular weight excluding hydrogens is 534 g/mol. The van der Waals surface area contributed by atoms with E-state index in [0.717, 1.165) is 12.5 Å². The van der Waals surface area contributed by atoms with Gasteiger partial charge in [0.15, 0.2) is 0 Å². The van der Waals surface area contributed by atoms with Crippen LogP contribution in [0.2, 0.25) is 0 Å². The summed E-state index contributed by atoms with van der Waals surface area (Å²) in [7, 11) is -4.22. The van der Waals surface area contributed by atoms with Crippen LogP contribution in [0.1, 0.15) is 25.3 Å². The van der Waals surface area contributed by atoms with Gasteiger partial charge in [0.05, 0.1) is 4.90 Å². The van der Waals surface area contributed by atoms with Crippen molar-refractivity contribution in [1.82, 2.24) is 35.9 Å². The Hall–Kier alpha value is -4.33. The topological polar surface area (TPSA) is 255 Å². The Balaban J connectivity index is 2.39. The van der Waals surface area contributed by atoms with Gasteiger partial charge in [-0.05, 0) is 19.1 Å². The predicted molar refractivity (Wildman–Crippen MR) is 122 cm³/mol. The lowest BCUT2D eigenvalue weighted by Gasteiger charge is -2.18. The second-order valence-corrected chi connectivity index (χ2v) is 9.14. The van der Waals surface area contributed by atoms with Gasteiger partial charge in [0.25, 0.3) is 21.8 Å². The van der Waals surface area contributed by atoms with Crippen LogP contribution in [0.15, 0.2) is 29.2 Å². The highest BCUT2D eigenvalue weighted by molar-refractivity contribution is 7.90. The van der Waals surface area contributed by atoms with Crippen molar-refractivity contribution >= 4 is 45.6 Å². The molecule has 1 aromatic carbocycles. The number of hydroxylamine groups is 6. The predicted octanol–water partition coefficient (Wildman–Crippen LogP) is -2.46. The van der Waals surface area contributed by atoms with Crippen LogP contribution in [-0.4, -0.2) is 94.8 Å². The average molecular weight is 562 g/mol. The molecule has 0 aliphatic rings. The second-order valence-electron chi connectivity index (χ2n) is 7.46. The summed E-state index contributed by atoms with van der Waals surface area (Å²) in [6, 6.07) is 4.28. The molecule has 0 heterocycles. The van der Waals surface area contributed by atoms with Crippen LogP contribution in [0.25, 0.3) is 0 Å². The number of carbonyl (C=O) groups is 6. The summed E-state index contributed by atoms with van der Waals surface area (Å²) < 4.78 is 25.9. The molecule has 7 amide bonds. The molecule has 0 aliphatic carbocycles. The van der Waals surface area contributed by atoms with E-state index in [-0.39, 0.29) is 20.1 Å². The molecule has 7 N–H and O–H groups in total. The van der Waals surface area contributed by atoms with Gasteiger partial charge in [-0.15, -0.1) is 0 Å². The number of hydrogen-bond donors (Lipinski definition) is 7. The molecular formula is C19H27N7O11S. The van der Waals surface area contributed by atoms with E-state index in [1.165, 1.54) is 24.3 Å². The van der Waals surface area contributed by atoms with Crippen LogP contribution in [0, 0.1) is 6.92 Å². The lowest BCUT2D eigenvalue weighted by Crippen LogP contribution is -2.46. The van der Waals surface area contributed by atoms with Crippen LogP contribution in [0.3, 0.4) is 0 Å². The number of nitrogens with one attached hydrogen (secondary N) is 4. The van der Waals surface area contributed by atoms with Gasteiger partial charge < -0.3 is 16.0 Å². The lowest BCUT2D eigenvalue weighted by atomic mass is 10.2. The van der Waals surface area contributed by atoms with E-state index in [1.807, 2.05) is 16.0 Å². The summed E-state index contributed by atoms with van der Waals surface area (Å²) in [6.45, 7) is 0.403. The summed E-state index contributed by atoms with van der Waals surface area (Å²) >= 11 is 0. The van der Waals surface area contributed by atoms with Gasteiger partial charge in [0.2, 0.25) is 17.7 Å². The Kier molecular flexibility index (Phi) is 12.0. The molecule has 0 fully saturated rings. The number of urea groups is 1. The Labute approximate surface area is 216 Å². The third-order valence-electron chi connectivity index (χ3n) is 4.36. The molecule has 0 spiro atoms. The van der Waals surface area contributed by atoms with Crippen molar-refractivity contribution in [2.45, 2.75) is 31.6 Å². The molecule has 38 heavy (non-hydrogen) atoms. The first kappa shape index (κ1) is 31.7. The minimum absolute atomic E-state index is 0.0548. The van der Waals surface area contributed by atoms with Crippen LogP contribution < -0.4 is 20.7 Å². The van der Waals surface area contributed by atoms with Gasteiger partial charge in [-0.1, -0.05) is 17.7 Å². The highest BCUT2D eigenvalue weighted by Gasteiger charge is 2.21. The van der Waals surface area contributed by atoms with Gasteiger partial charge in [-0.3, -0.25) is 39.6 Å². The maximum atomic E-state index is 12.1. The van der Waals surface area contributed by atoms with Gasteiger partial charge in [-0.25, -0.2) is 33.1 Å². The Morgan fingerprint density at radius 1 is 0.737 bits per heavy atom. The number of hydrogen-bond acceptors (Lipinski definition) is 11. The second kappa shape index (κ2) is 14.4. The fourth-order valence-electron chi connectivity index (χ4n) is 2.28. The summed E-state index contributed by atoms with van der Waals surface area (Å²) in [5.41, 5.74) is 0.787. The van der Waals surface area contributed by atoms with Crippen LogP contribution in [0.4, 0.5) is 4.79 Å². The quantitative estimate of drug-likeness (QED) is 0.0609. The zero-order valence-electron chi connectivity index (χ0n) is 20.2. The third-order valence-corrected chi connectivity index (χ3v) is 5.71. The van der Waals surface area contributed by atoms with Crippen LogP contribution >= 0.6 is 0 Å². The van der Waals surface area contributed by atoms with Crippen LogP contribution in [-0.2, 0) is 34.0 Å². The summed E-state index contributed by atoms with van der Waals surface area (Å²) in [6.07, 6.45) is -1.91. The fraction of sp³-hybridized carbons (Fsp3) is 0.368. The minimum atomic E-state index is -4.22. The molecule has 0 saturated carbocycles. The number of aryl methyl sites for hydroxylation is 1. The van der Waals surface area contributed by atoms with Crippen molar-refractivity contribution < 1.29 is 52.8 Å². The van der Waals surface area contributed by atoms with E-state index in [1.54, 1.807) is 11.6 Å². The maximum Gasteiger partial charge on any atom is 0.330 e. The molecule has 19 heteroatoms. The van der Waals surface area contributed by atoms with Crippen molar-refractivity contribution in [3.05, 3.63) is 29.8 Å². The summed E-state index contributed by atoms with van der Waals surface area (Å²) in [5, 5.41) is 34.3. The molecule has 0 aromatic heterocycles. The Bertz CT molecular complexity index is 1160. The van der Waals surface area contributed by atoms with E-state index in [9.17, 15) is 47.6 Å². The van der Waals surface area contributed by atoms with Gasteiger partial charge in [-0.2, -0.15) is 0 Å². The number of carbonyl (C=O) groups excluding carboxylic acids is 6. The number of rotatable bonds is 12. The van der Waals surface area contributed by atoms with Crippen molar-refractivity contribution in [3.63, 3.8) is 0 Å². The third kappa shape index (κ3) is 11.2. The smallest absolute Gasteiger partial charge is 0.330 e. The van der Waals surface area contributed by atoms with Crippen molar-refractivity contribution in [2.24, 2.45) is 0 Å². The van der Waals surface area contributed by atoms with Crippen molar-refractivity contribution in [1.29, 1.82) is 0 Å². The Morgan fingerprint density at radius 3 is 1.61 bits per heavy atom. The SMILES string of the molecule is CC(=O)N(O)CNC(=O)CC(=O)N(O)CNC(=O)CC(=O)N(O)CNC(=O)NS(=O)(=O)c1ccc(C)cc1. The van der Waals surface area contributed by atoms with Crippen LogP contribution in [0.5, 0.6) is 0 Å². The summed E-state index contributed by atoms with van der Waals surface area (Å²) in [5.74, 6) is -5.23. The fourth-order valence-corrected chi connectivity index (χ4v) is 3.21.